The Labute approximate surface area is 131 Å². The van der Waals surface area contributed by atoms with Gasteiger partial charge in [-0.05, 0) is 56.8 Å². The predicted molar refractivity (Wildman–Crippen MR) is 93.7 cm³/mol. The minimum absolute atomic E-state index is 0.602. The first kappa shape index (κ1) is 18.2. The van der Waals surface area contributed by atoms with Gasteiger partial charge in [-0.3, -0.25) is 4.90 Å². The summed E-state index contributed by atoms with van der Waals surface area (Å²) in [7, 11) is 0. The molecular formula is C19H34N2. The van der Waals surface area contributed by atoms with Crippen LogP contribution in [0.4, 0.5) is 0 Å². The average Bonchev–Trinajstić information content (AvgIpc) is 2.44. The van der Waals surface area contributed by atoms with E-state index in [0.29, 0.717) is 6.04 Å². The molecule has 0 saturated carbocycles. The standard InChI is InChI=1S/C19H34N2/c1-6-12-20-13-11-18-7-9-19(10-8-18)15-21(17(4)5)14-16(2)3/h7-10,16-17,20H,6,11-15H2,1-5H3. The second-order valence-corrected chi connectivity index (χ2v) is 6.73. The Morgan fingerprint density at radius 1 is 0.952 bits per heavy atom. The lowest BCUT2D eigenvalue weighted by molar-refractivity contribution is 0.189. The molecule has 2 heteroatoms. The molecule has 0 heterocycles. The van der Waals surface area contributed by atoms with Gasteiger partial charge in [0.05, 0.1) is 0 Å². The van der Waals surface area contributed by atoms with Crippen molar-refractivity contribution in [2.24, 2.45) is 5.92 Å². The first-order chi connectivity index (χ1) is 10.0. The Morgan fingerprint density at radius 3 is 2.10 bits per heavy atom. The number of nitrogens with zero attached hydrogens (tertiary/aromatic N) is 1. The summed E-state index contributed by atoms with van der Waals surface area (Å²) in [6.45, 7) is 15.8. The third-order valence-corrected chi connectivity index (χ3v) is 3.76. The largest absolute Gasteiger partial charge is 0.316 e. The lowest BCUT2D eigenvalue weighted by Gasteiger charge is -2.28. The first-order valence-corrected chi connectivity index (χ1v) is 8.55. The van der Waals surface area contributed by atoms with E-state index < -0.39 is 0 Å². The van der Waals surface area contributed by atoms with E-state index in [4.69, 9.17) is 0 Å². The van der Waals surface area contributed by atoms with Crippen LogP contribution in [0.2, 0.25) is 0 Å². The fraction of sp³-hybridized carbons (Fsp3) is 0.684. The number of nitrogens with one attached hydrogen (secondary N) is 1. The molecule has 0 aliphatic carbocycles. The van der Waals surface area contributed by atoms with Gasteiger partial charge in [0.25, 0.3) is 0 Å². The van der Waals surface area contributed by atoms with E-state index in [0.717, 1.165) is 32.0 Å². The highest BCUT2D eigenvalue weighted by atomic mass is 15.1. The Hall–Kier alpha value is -0.860. The highest BCUT2D eigenvalue weighted by molar-refractivity contribution is 5.22. The van der Waals surface area contributed by atoms with Crippen molar-refractivity contribution in [1.82, 2.24) is 10.2 Å². The normalized spacial score (nSPS) is 11.8. The Morgan fingerprint density at radius 2 is 1.57 bits per heavy atom. The van der Waals surface area contributed by atoms with Crippen LogP contribution in [0.5, 0.6) is 0 Å². The molecule has 0 unspecified atom stereocenters. The van der Waals surface area contributed by atoms with Gasteiger partial charge in [-0.2, -0.15) is 0 Å². The Bertz CT molecular complexity index is 368. The van der Waals surface area contributed by atoms with Gasteiger partial charge in [0.2, 0.25) is 0 Å². The summed E-state index contributed by atoms with van der Waals surface area (Å²) in [5.74, 6) is 0.719. The van der Waals surface area contributed by atoms with Crippen LogP contribution in [0.15, 0.2) is 24.3 Å². The molecule has 0 fully saturated rings. The van der Waals surface area contributed by atoms with Crippen molar-refractivity contribution in [3.63, 3.8) is 0 Å². The van der Waals surface area contributed by atoms with E-state index in [1.807, 2.05) is 0 Å². The number of hydrogen-bond donors (Lipinski definition) is 1. The fourth-order valence-corrected chi connectivity index (χ4v) is 2.51. The van der Waals surface area contributed by atoms with Crippen molar-refractivity contribution in [2.45, 2.75) is 60.0 Å². The maximum atomic E-state index is 3.46. The monoisotopic (exact) mass is 290 g/mol. The van der Waals surface area contributed by atoms with Crippen molar-refractivity contribution in [3.05, 3.63) is 35.4 Å². The summed E-state index contributed by atoms with van der Waals surface area (Å²) in [5.41, 5.74) is 2.86. The van der Waals surface area contributed by atoms with Crippen LogP contribution >= 0.6 is 0 Å². The lowest BCUT2D eigenvalue weighted by atomic mass is 10.1. The predicted octanol–water partition coefficient (Wildman–Crippen LogP) is 4.10. The van der Waals surface area contributed by atoms with Gasteiger partial charge in [-0.25, -0.2) is 0 Å². The second-order valence-electron chi connectivity index (χ2n) is 6.73. The minimum Gasteiger partial charge on any atom is -0.316 e. The smallest absolute Gasteiger partial charge is 0.0236 e. The first-order valence-electron chi connectivity index (χ1n) is 8.55. The summed E-state index contributed by atoms with van der Waals surface area (Å²) < 4.78 is 0. The third-order valence-electron chi connectivity index (χ3n) is 3.76. The topological polar surface area (TPSA) is 15.3 Å². The van der Waals surface area contributed by atoms with E-state index >= 15 is 0 Å². The highest BCUT2D eigenvalue weighted by Gasteiger charge is 2.11. The summed E-state index contributed by atoms with van der Waals surface area (Å²) in [4.78, 5) is 2.56. The number of rotatable bonds is 10. The molecule has 120 valence electrons. The Balaban J connectivity index is 2.48. The van der Waals surface area contributed by atoms with Crippen LogP contribution in [0, 0.1) is 5.92 Å². The van der Waals surface area contributed by atoms with Crippen LogP contribution in [0.25, 0.3) is 0 Å². The summed E-state index contributed by atoms with van der Waals surface area (Å²) in [6.07, 6.45) is 2.33. The molecule has 21 heavy (non-hydrogen) atoms. The fourth-order valence-electron chi connectivity index (χ4n) is 2.51. The van der Waals surface area contributed by atoms with Gasteiger partial charge in [0.1, 0.15) is 0 Å². The lowest BCUT2D eigenvalue weighted by Crippen LogP contribution is -2.33. The molecule has 0 spiro atoms. The Kier molecular flexibility index (Phi) is 8.63. The van der Waals surface area contributed by atoms with Crippen molar-refractivity contribution in [3.8, 4) is 0 Å². The van der Waals surface area contributed by atoms with Crippen molar-refractivity contribution in [2.75, 3.05) is 19.6 Å². The van der Waals surface area contributed by atoms with Crippen molar-refractivity contribution in [1.29, 1.82) is 0 Å². The molecule has 0 radical (unpaired) electrons. The van der Waals surface area contributed by atoms with Gasteiger partial charge < -0.3 is 5.32 Å². The van der Waals surface area contributed by atoms with Crippen LogP contribution in [-0.4, -0.2) is 30.6 Å². The van der Waals surface area contributed by atoms with Gasteiger partial charge >= 0.3 is 0 Å². The van der Waals surface area contributed by atoms with Crippen molar-refractivity contribution < 1.29 is 0 Å². The van der Waals surface area contributed by atoms with Gasteiger partial charge in [-0.15, -0.1) is 0 Å². The van der Waals surface area contributed by atoms with E-state index in [2.05, 4.69) is 69.1 Å². The van der Waals surface area contributed by atoms with Crippen LogP contribution < -0.4 is 5.32 Å². The average molecular weight is 290 g/mol. The summed E-state index contributed by atoms with van der Waals surface area (Å²) in [6, 6.07) is 9.77. The third kappa shape index (κ3) is 7.63. The second kappa shape index (κ2) is 9.97. The molecule has 0 aromatic heterocycles. The van der Waals surface area contributed by atoms with Crippen LogP contribution in [-0.2, 0) is 13.0 Å². The van der Waals surface area contributed by atoms with Gasteiger partial charge in [-0.1, -0.05) is 45.0 Å². The van der Waals surface area contributed by atoms with Gasteiger partial charge in [0, 0.05) is 19.1 Å². The highest BCUT2D eigenvalue weighted by Crippen LogP contribution is 2.12. The molecule has 0 bridgehead atoms. The quantitative estimate of drug-likeness (QED) is 0.653. The molecule has 1 rings (SSSR count). The summed E-state index contributed by atoms with van der Waals surface area (Å²) in [5, 5.41) is 3.46. The SMILES string of the molecule is CCCNCCc1ccc(CN(CC(C)C)C(C)C)cc1. The number of benzene rings is 1. The molecule has 0 aliphatic heterocycles. The minimum atomic E-state index is 0.602. The maximum Gasteiger partial charge on any atom is 0.0236 e. The molecule has 2 nitrogen and oxygen atoms in total. The van der Waals surface area contributed by atoms with E-state index in [9.17, 15) is 0 Å². The molecule has 0 atom stereocenters. The number of hydrogen-bond acceptors (Lipinski definition) is 2. The van der Waals surface area contributed by atoms with Crippen LogP contribution in [0.1, 0.15) is 52.2 Å². The van der Waals surface area contributed by atoms with Crippen LogP contribution in [0.3, 0.4) is 0 Å². The zero-order valence-corrected chi connectivity index (χ0v) is 14.7. The molecule has 0 aliphatic rings. The van der Waals surface area contributed by atoms with E-state index in [1.54, 1.807) is 0 Å². The molecule has 0 amide bonds. The summed E-state index contributed by atoms with van der Waals surface area (Å²) >= 11 is 0. The maximum absolute atomic E-state index is 3.46. The van der Waals surface area contributed by atoms with E-state index in [-0.39, 0.29) is 0 Å². The zero-order chi connectivity index (χ0) is 15.7. The molecule has 1 N–H and O–H groups in total. The van der Waals surface area contributed by atoms with Gasteiger partial charge in [0.15, 0.2) is 0 Å². The molecule has 1 aromatic carbocycles. The molecule has 0 saturated heterocycles. The zero-order valence-electron chi connectivity index (χ0n) is 14.7. The van der Waals surface area contributed by atoms with E-state index in [1.165, 1.54) is 24.1 Å². The molecule has 1 aromatic rings. The van der Waals surface area contributed by atoms with Crippen molar-refractivity contribution >= 4 is 0 Å². The molecular weight excluding hydrogens is 256 g/mol.